The van der Waals surface area contributed by atoms with Crippen LogP contribution in [0.3, 0.4) is 0 Å². The molecule has 0 atom stereocenters. The van der Waals surface area contributed by atoms with E-state index in [4.69, 9.17) is 27.3 Å². The van der Waals surface area contributed by atoms with Gasteiger partial charge < -0.3 is 15.7 Å². The zero-order valence-electron chi connectivity index (χ0n) is 10.7. The van der Waals surface area contributed by atoms with Gasteiger partial charge in [0.15, 0.2) is 5.84 Å². The minimum atomic E-state index is -0.720. The van der Waals surface area contributed by atoms with Gasteiger partial charge in [-0.2, -0.15) is 0 Å². The highest BCUT2D eigenvalue weighted by Gasteiger charge is 2.14. The van der Waals surface area contributed by atoms with Crippen LogP contribution < -0.4 is 10.5 Å². The van der Waals surface area contributed by atoms with Crippen molar-refractivity contribution in [1.29, 1.82) is 0 Å². The van der Waals surface area contributed by atoms with E-state index in [-0.39, 0.29) is 34.3 Å². The molecule has 0 heterocycles. The first kappa shape index (κ1) is 15.1. The Kier molecular flexibility index (Phi) is 4.59. The lowest BCUT2D eigenvalue weighted by Gasteiger charge is -2.12. The highest BCUT2D eigenvalue weighted by atomic mass is 35.5. The van der Waals surface area contributed by atoms with Gasteiger partial charge in [0, 0.05) is 11.6 Å². The number of nitrogens with two attached hydrogens (primary N) is 1. The van der Waals surface area contributed by atoms with Gasteiger partial charge in [-0.3, -0.25) is 0 Å². The van der Waals surface area contributed by atoms with Crippen molar-refractivity contribution in [3.63, 3.8) is 0 Å². The summed E-state index contributed by atoms with van der Waals surface area (Å²) >= 11 is 5.96. The third-order valence-electron chi connectivity index (χ3n) is 2.74. The summed E-state index contributed by atoms with van der Waals surface area (Å²) in [4.78, 5) is 0. The molecule has 0 amide bonds. The standard InChI is InChI=1S/C14H11ClF2N2O2/c15-10-2-1-3-12(13(10)14(18)19-20)21-7-8-4-5-9(16)6-11(8)17/h1-6,20H,7H2,(H2,18,19). The molecule has 110 valence electrons. The number of hydrogen-bond acceptors (Lipinski definition) is 3. The first-order valence-electron chi connectivity index (χ1n) is 5.86. The van der Waals surface area contributed by atoms with Gasteiger partial charge in [-0.1, -0.05) is 22.8 Å². The Hall–Kier alpha value is -2.34. The smallest absolute Gasteiger partial charge is 0.175 e. The van der Waals surface area contributed by atoms with E-state index in [2.05, 4.69) is 5.16 Å². The lowest BCUT2D eigenvalue weighted by Crippen LogP contribution is -2.15. The van der Waals surface area contributed by atoms with Crippen LogP contribution in [0.15, 0.2) is 41.6 Å². The third-order valence-corrected chi connectivity index (χ3v) is 3.05. The molecule has 2 aromatic rings. The number of amidine groups is 1. The van der Waals surface area contributed by atoms with Crippen LogP contribution in [-0.2, 0) is 6.61 Å². The molecule has 0 spiro atoms. The van der Waals surface area contributed by atoms with Crippen LogP contribution in [0, 0.1) is 11.6 Å². The second-order valence-corrected chi connectivity index (χ2v) is 4.53. The molecule has 2 aromatic carbocycles. The molecule has 0 saturated heterocycles. The van der Waals surface area contributed by atoms with Crippen LogP contribution in [0.5, 0.6) is 5.75 Å². The van der Waals surface area contributed by atoms with E-state index in [1.165, 1.54) is 6.07 Å². The molecule has 4 nitrogen and oxygen atoms in total. The van der Waals surface area contributed by atoms with Gasteiger partial charge in [0.05, 0.1) is 10.6 Å². The maximum atomic E-state index is 13.5. The Morgan fingerprint density at radius 1 is 1.29 bits per heavy atom. The van der Waals surface area contributed by atoms with Crippen LogP contribution in [0.1, 0.15) is 11.1 Å². The normalized spacial score (nSPS) is 11.5. The molecule has 0 aliphatic rings. The molecule has 7 heteroatoms. The molecule has 0 aliphatic carbocycles. The Morgan fingerprint density at radius 2 is 2.05 bits per heavy atom. The predicted octanol–water partition coefficient (Wildman–Crippen LogP) is 3.29. The molecule has 0 unspecified atom stereocenters. The summed E-state index contributed by atoms with van der Waals surface area (Å²) in [7, 11) is 0. The van der Waals surface area contributed by atoms with Crippen LogP contribution >= 0.6 is 11.6 Å². The number of halogens is 3. The van der Waals surface area contributed by atoms with E-state index >= 15 is 0 Å². The first-order valence-corrected chi connectivity index (χ1v) is 6.24. The Labute approximate surface area is 124 Å². The number of hydrogen-bond donors (Lipinski definition) is 2. The molecule has 0 fully saturated rings. The summed E-state index contributed by atoms with van der Waals surface area (Å²) in [6, 6.07) is 7.86. The van der Waals surface area contributed by atoms with Crippen LogP contribution in [0.4, 0.5) is 8.78 Å². The number of nitrogens with zero attached hydrogens (tertiary/aromatic N) is 1. The molecule has 0 radical (unpaired) electrons. The van der Waals surface area contributed by atoms with Gasteiger partial charge in [-0.15, -0.1) is 0 Å². The number of ether oxygens (including phenoxy) is 1. The predicted molar refractivity (Wildman–Crippen MR) is 74.7 cm³/mol. The summed E-state index contributed by atoms with van der Waals surface area (Å²) in [6.45, 7) is -0.155. The van der Waals surface area contributed by atoms with Gasteiger partial charge in [0.2, 0.25) is 0 Å². The summed E-state index contributed by atoms with van der Waals surface area (Å²) in [6.07, 6.45) is 0. The van der Waals surface area contributed by atoms with Gasteiger partial charge in [-0.25, -0.2) is 8.78 Å². The van der Waals surface area contributed by atoms with Crippen molar-refractivity contribution in [2.45, 2.75) is 6.61 Å². The summed E-state index contributed by atoms with van der Waals surface area (Å²) < 4.78 is 31.8. The van der Waals surface area contributed by atoms with E-state index < -0.39 is 11.6 Å². The fourth-order valence-corrected chi connectivity index (χ4v) is 1.98. The highest BCUT2D eigenvalue weighted by molar-refractivity contribution is 6.34. The molecular formula is C14H11ClF2N2O2. The van der Waals surface area contributed by atoms with Gasteiger partial charge in [0.25, 0.3) is 0 Å². The SMILES string of the molecule is N/C(=N/O)c1c(Cl)cccc1OCc1ccc(F)cc1F. The lowest BCUT2D eigenvalue weighted by molar-refractivity contribution is 0.297. The van der Waals surface area contributed by atoms with Gasteiger partial charge in [0.1, 0.15) is 24.0 Å². The zero-order valence-corrected chi connectivity index (χ0v) is 11.4. The molecule has 0 aliphatic heterocycles. The molecule has 2 rings (SSSR count). The summed E-state index contributed by atoms with van der Waals surface area (Å²) in [5, 5.41) is 11.8. The zero-order chi connectivity index (χ0) is 15.4. The second-order valence-electron chi connectivity index (χ2n) is 4.12. The Balaban J connectivity index is 2.26. The van der Waals surface area contributed by atoms with E-state index in [1.807, 2.05) is 0 Å². The van der Waals surface area contributed by atoms with Crippen molar-refractivity contribution in [1.82, 2.24) is 0 Å². The van der Waals surface area contributed by atoms with E-state index in [0.717, 1.165) is 12.1 Å². The minimum Gasteiger partial charge on any atom is -0.488 e. The van der Waals surface area contributed by atoms with Crippen molar-refractivity contribution in [2.24, 2.45) is 10.9 Å². The maximum absolute atomic E-state index is 13.5. The van der Waals surface area contributed by atoms with Gasteiger partial charge in [-0.05, 0) is 24.3 Å². The molecule has 3 N–H and O–H groups in total. The highest BCUT2D eigenvalue weighted by Crippen LogP contribution is 2.27. The molecule has 21 heavy (non-hydrogen) atoms. The fraction of sp³-hybridized carbons (Fsp3) is 0.0714. The van der Waals surface area contributed by atoms with Crippen LogP contribution in [0.25, 0.3) is 0 Å². The monoisotopic (exact) mass is 312 g/mol. The van der Waals surface area contributed by atoms with Crippen molar-refractivity contribution in [3.05, 3.63) is 64.2 Å². The van der Waals surface area contributed by atoms with Crippen molar-refractivity contribution in [2.75, 3.05) is 0 Å². The lowest BCUT2D eigenvalue weighted by atomic mass is 10.1. The largest absolute Gasteiger partial charge is 0.488 e. The van der Waals surface area contributed by atoms with Crippen molar-refractivity contribution >= 4 is 17.4 Å². The van der Waals surface area contributed by atoms with Gasteiger partial charge >= 0.3 is 0 Å². The van der Waals surface area contributed by atoms with E-state index in [1.54, 1.807) is 18.2 Å². The second kappa shape index (κ2) is 6.41. The summed E-state index contributed by atoms with van der Waals surface area (Å²) in [5.41, 5.74) is 5.89. The molecule has 0 aromatic heterocycles. The average Bonchev–Trinajstić information content (AvgIpc) is 2.45. The maximum Gasteiger partial charge on any atom is 0.175 e. The van der Waals surface area contributed by atoms with Crippen LogP contribution in [-0.4, -0.2) is 11.0 Å². The Morgan fingerprint density at radius 3 is 2.71 bits per heavy atom. The first-order chi connectivity index (χ1) is 10.0. The van der Waals surface area contributed by atoms with E-state index in [0.29, 0.717) is 0 Å². The topological polar surface area (TPSA) is 67.8 Å². The molecule has 0 bridgehead atoms. The van der Waals surface area contributed by atoms with Crippen LogP contribution in [0.2, 0.25) is 5.02 Å². The number of rotatable bonds is 4. The summed E-state index contributed by atoms with van der Waals surface area (Å²) in [5.74, 6) is -1.39. The molecular weight excluding hydrogens is 302 g/mol. The van der Waals surface area contributed by atoms with E-state index in [9.17, 15) is 8.78 Å². The molecule has 0 saturated carbocycles. The third kappa shape index (κ3) is 3.41. The average molecular weight is 313 g/mol. The fourth-order valence-electron chi connectivity index (χ4n) is 1.72. The number of benzene rings is 2. The quantitative estimate of drug-likeness (QED) is 0.394. The minimum absolute atomic E-state index is 0.155. The van der Waals surface area contributed by atoms with Crippen molar-refractivity contribution < 1.29 is 18.7 Å². The number of oxime groups is 1. The van der Waals surface area contributed by atoms with Crippen molar-refractivity contribution in [3.8, 4) is 5.75 Å². The Bertz CT molecular complexity index is 693.